The lowest BCUT2D eigenvalue weighted by Gasteiger charge is -2.33. The van der Waals surface area contributed by atoms with E-state index in [4.69, 9.17) is 14.2 Å². The van der Waals surface area contributed by atoms with E-state index in [2.05, 4.69) is 0 Å². The van der Waals surface area contributed by atoms with E-state index in [1.165, 1.54) is 0 Å². The zero-order chi connectivity index (χ0) is 14.5. The Kier molecular flexibility index (Phi) is 4.84. The van der Waals surface area contributed by atoms with Crippen LogP contribution in [0, 0.1) is 0 Å². The number of hydrogen-bond donors (Lipinski definition) is 0. The molecule has 1 fully saturated rings. The minimum absolute atomic E-state index is 0.119. The number of ether oxygens (including phenoxy) is 3. The van der Waals surface area contributed by atoms with Crippen molar-refractivity contribution in [1.29, 1.82) is 0 Å². The number of carbonyl (C=O) groups excluding carboxylic acids is 1. The van der Waals surface area contributed by atoms with E-state index in [9.17, 15) is 4.79 Å². The molecule has 0 N–H and O–H groups in total. The molecule has 0 radical (unpaired) electrons. The van der Waals surface area contributed by atoms with Crippen LogP contribution in [0.5, 0.6) is 11.5 Å². The quantitative estimate of drug-likeness (QED) is 0.838. The van der Waals surface area contributed by atoms with E-state index in [-0.39, 0.29) is 11.9 Å². The van der Waals surface area contributed by atoms with E-state index in [1.54, 1.807) is 14.2 Å². The van der Waals surface area contributed by atoms with Gasteiger partial charge in [-0.3, -0.25) is 4.79 Å². The van der Waals surface area contributed by atoms with Crippen LogP contribution in [0.4, 0.5) is 0 Å². The van der Waals surface area contributed by atoms with Crippen LogP contribution in [0.15, 0.2) is 18.2 Å². The van der Waals surface area contributed by atoms with Gasteiger partial charge >= 0.3 is 0 Å². The van der Waals surface area contributed by atoms with E-state index in [0.717, 1.165) is 5.56 Å². The third-order valence-corrected chi connectivity index (χ3v) is 3.49. The molecule has 1 saturated heterocycles. The average molecular weight is 279 g/mol. The maximum absolute atomic E-state index is 12.3. The van der Waals surface area contributed by atoms with Gasteiger partial charge in [0, 0.05) is 6.54 Å². The molecule has 1 amide bonds. The Labute approximate surface area is 119 Å². The van der Waals surface area contributed by atoms with Crippen LogP contribution in [0.25, 0.3) is 0 Å². The average Bonchev–Trinajstić information content (AvgIpc) is 2.47. The lowest BCUT2D eigenvalue weighted by molar-refractivity contribution is -0.138. The molecule has 1 heterocycles. The standard InChI is InChI=1S/C15H21NO4/c1-11-10-20-7-6-16(11)15(17)9-12-4-5-13(18-2)14(8-12)19-3/h4-5,8,11H,6-7,9-10H2,1-3H3. The van der Waals surface area contributed by atoms with Crippen molar-refractivity contribution >= 4 is 5.91 Å². The molecule has 1 unspecified atom stereocenters. The summed E-state index contributed by atoms with van der Waals surface area (Å²) in [4.78, 5) is 14.2. The summed E-state index contributed by atoms with van der Waals surface area (Å²) in [5.74, 6) is 1.43. The first-order valence-electron chi connectivity index (χ1n) is 6.73. The van der Waals surface area contributed by atoms with E-state index >= 15 is 0 Å². The zero-order valence-corrected chi connectivity index (χ0v) is 12.2. The van der Waals surface area contributed by atoms with Crippen molar-refractivity contribution < 1.29 is 19.0 Å². The van der Waals surface area contributed by atoms with Gasteiger partial charge in [0.15, 0.2) is 11.5 Å². The fourth-order valence-electron chi connectivity index (χ4n) is 2.36. The van der Waals surface area contributed by atoms with Gasteiger partial charge in [0.2, 0.25) is 5.91 Å². The molecule has 0 aliphatic carbocycles. The van der Waals surface area contributed by atoms with Gasteiger partial charge in [-0.1, -0.05) is 6.07 Å². The first-order valence-corrected chi connectivity index (χ1v) is 6.73. The number of hydrogen-bond acceptors (Lipinski definition) is 4. The number of benzene rings is 1. The second kappa shape index (κ2) is 6.61. The zero-order valence-electron chi connectivity index (χ0n) is 12.2. The molecule has 5 nitrogen and oxygen atoms in total. The predicted molar refractivity (Wildman–Crippen MR) is 75.2 cm³/mol. The van der Waals surface area contributed by atoms with Crippen LogP contribution in [0.2, 0.25) is 0 Å². The number of carbonyl (C=O) groups is 1. The summed E-state index contributed by atoms with van der Waals surface area (Å²) < 4.78 is 15.8. The molecule has 0 aromatic heterocycles. The molecule has 1 aliphatic heterocycles. The third-order valence-electron chi connectivity index (χ3n) is 3.49. The second-order valence-corrected chi connectivity index (χ2v) is 4.88. The predicted octanol–water partition coefficient (Wildman–Crippen LogP) is 1.49. The maximum Gasteiger partial charge on any atom is 0.227 e. The van der Waals surface area contributed by atoms with Gasteiger partial charge in [-0.05, 0) is 24.6 Å². The van der Waals surface area contributed by atoms with E-state index < -0.39 is 0 Å². The van der Waals surface area contributed by atoms with Crippen molar-refractivity contribution in [3.8, 4) is 11.5 Å². The number of morpholine rings is 1. The largest absolute Gasteiger partial charge is 0.493 e. The van der Waals surface area contributed by atoms with Crippen LogP contribution < -0.4 is 9.47 Å². The van der Waals surface area contributed by atoms with Crippen molar-refractivity contribution in [3.63, 3.8) is 0 Å². The molecule has 0 spiro atoms. The summed E-state index contributed by atoms with van der Waals surface area (Å²) >= 11 is 0. The van der Waals surface area contributed by atoms with Crippen LogP contribution in [0.3, 0.4) is 0 Å². The highest BCUT2D eigenvalue weighted by Gasteiger charge is 2.23. The molecular weight excluding hydrogens is 258 g/mol. The molecule has 20 heavy (non-hydrogen) atoms. The van der Waals surface area contributed by atoms with Gasteiger partial charge < -0.3 is 19.1 Å². The molecule has 0 bridgehead atoms. The van der Waals surface area contributed by atoms with Crippen molar-refractivity contribution in [2.24, 2.45) is 0 Å². The molecule has 1 aliphatic rings. The smallest absolute Gasteiger partial charge is 0.227 e. The third kappa shape index (κ3) is 3.22. The van der Waals surface area contributed by atoms with Gasteiger partial charge in [0.05, 0.1) is 39.9 Å². The van der Waals surface area contributed by atoms with E-state index in [0.29, 0.717) is 37.7 Å². The molecule has 1 aromatic rings. The van der Waals surface area contributed by atoms with Gasteiger partial charge in [0.25, 0.3) is 0 Å². The minimum atomic E-state index is 0.119. The van der Waals surface area contributed by atoms with E-state index in [1.807, 2.05) is 30.0 Å². The van der Waals surface area contributed by atoms with Crippen LogP contribution in [-0.2, 0) is 16.0 Å². The molecule has 0 saturated carbocycles. The second-order valence-electron chi connectivity index (χ2n) is 4.88. The van der Waals surface area contributed by atoms with Crippen molar-refractivity contribution in [2.45, 2.75) is 19.4 Å². The molecule has 110 valence electrons. The fraction of sp³-hybridized carbons (Fsp3) is 0.533. The van der Waals surface area contributed by atoms with Crippen molar-refractivity contribution in [2.75, 3.05) is 34.0 Å². The fourth-order valence-corrected chi connectivity index (χ4v) is 2.36. The summed E-state index contributed by atoms with van der Waals surface area (Å²) in [6.07, 6.45) is 0.366. The van der Waals surface area contributed by atoms with Gasteiger partial charge in [-0.25, -0.2) is 0 Å². The Balaban J connectivity index is 2.07. The van der Waals surface area contributed by atoms with Gasteiger partial charge in [-0.15, -0.1) is 0 Å². The Hall–Kier alpha value is -1.75. The number of amides is 1. The maximum atomic E-state index is 12.3. The van der Waals surface area contributed by atoms with Gasteiger partial charge in [0.1, 0.15) is 0 Å². The molecular formula is C15H21NO4. The Bertz CT molecular complexity index is 475. The Morgan fingerprint density at radius 3 is 2.75 bits per heavy atom. The lowest BCUT2D eigenvalue weighted by atomic mass is 10.1. The molecule has 1 aromatic carbocycles. The summed E-state index contributed by atoms with van der Waals surface area (Å²) in [5.41, 5.74) is 0.923. The number of rotatable bonds is 4. The monoisotopic (exact) mass is 279 g/mol. The van der Waals surface area contributed by atoms with Crippen molar-refractivity contribution in [3.05, 3.63) is 23.8 Å². The first kappa shape index (κ1) is 14.7. The molecule has 1 atom stereocenters. The highest BCUT2D eigenvalue weighted by molar-refractivity contribution is 5.79. The summed E-state index contributed by atoms with van der Waals surface area (Å²) in [5, 5.41) is 0. The SMILES string of the molecule is COc1ccc(CC(=O)N2CCOCC2C)cc1OC. The molecule has 5 heteroatoms. The van der Waals surface area contributed by atoms with Gasteiger partial charge in [-0.2, -0.15) is 0 Å². The highest BCUT2D eigenvalue weighted by atomic mass is 16.5. The van der Waals surface area contributed by atoms with Crippen molar-refractivity contribution in [1.82, 2.24) is 4.90 Å². The Morgan fingerprint density at radius 1 is 1.35 bits per heavy atom. The summed E-state index contributed by atoms with van der Waals surface area (Å²) in [6, 6.07) is 5.70. The van der Waals surface area contributed by atoms with Crippen LogP contribution in [-0.4, -0.2) is 50.8 Å². The van der Waals surface area contributed by atoms with Crippen LogP contribution in [0.1, 0.15) is 12.5 Å². The molecule has 2 rings (SSSR count). The lowest BCUT2D eigenvalue weighted by Crippen LogP contribution is -2.47. The number of methoxy groups -OCH3 is 2. The first-order chi connectivity index (χ1) is 9.65. The minimum Gasteiger partial charge on any atom is -0.493 e. The summed E-state index contributed by atoms with van der Waals surface area (Å²) in [7, 11) is 3.19. The normalized spacial score (nSPS) is 18.8. The van der Waals surface area contributed by atoms with Crippen LogP contribution >= 0.6 is 0 Å². The highest BCUT2D eigenvalue weighted by Crippen LogP contribution is 2.28. The summed E-state index contributed by atoms with van der Waals surface area (Å²) in [6.45, 7) is 3.89. The number of nitrogens with zero attached hydrogens (tertiary/aromatic N) is 1. The Morgan fingerprint density at radius 2 is 2.10 bits per heavy atom. The topological polar surface area (TPSA) is 48.0 Å².